The lowest BCUT2D eigenvalue weighted by atomic mass is 10.2. The van der Waals surface area contributed by atoms with Crippen molar-refractivity contribution in [3.63, 3.8) is 0 Å². The van der Waals surface area contributed by atoms with Crippen molar-refractivity contribution >= 4 is 38.7 Å². The van der Waals surface area contributed by atoms with E-state index in [2.05, 4.69) is 5.32 Å². The molecule has 176 valence electrons. The Balaban J connectivity index is 2.01. The molecule has 0 aromatic heterocycles. The van der Waals surface area contributed by atoms with Gasteiger partial charge in [-0.05, 0) is 24.3 Å². The van der Waals surface area contributed by atoms with Crippen LogP contribution in [0.5, 0.6) is 5.75 Å². The molecule has 0 atom stereocenters. The summed E-state index contributed by atoms with van der Waals surface area (Å²) in [4.78, 5) is 33.7. The standard InChI is InChI=1S/C21H18N4O8S/c1-33-20-11-10-17(25(29)30)13-19(20)22-21(26)14-23(15-6-5-7-16(12-15)24(27)28)34(31,32)18-8-3-2-4-9-18/h2-13H,14H2,1H3,(H,22,26). The molecule has 0 aliphatic rings. The molecule has 0 heterocycles. The fraction of sp³-hybridized carbons (Fsp3) is 0.0952. The van der Waals surface area contributed by atoms with E-state index >= 15 is 0 Å². The van der Waals surface area contributed by atoms with Gasteiger partial charge in [0.05, 0.1) is 33.2 Å². The molecule has 0 spiro atoms. The van der Waals surface area contributed by atoms with Crippen LogP contribution in [0.3, 0.4) is 0 Å². The molecule has 12 nitrogen and oxygen atoms in total. The predicted octanol–water partition coefficient (Wildman–Crippen LogP) is 3.35. The van der Waals surface area contributed by atoms with Gasteiger partial charge in [-0.25, -0.2) is 8.42 Å². The molecule has 13 heteroatoms. The van der Waals surface area contributed by atoms with Crippen LogP contribution in [-0.4, -0.2) is 37.8 Å². The molecule has 0 radical (unpaired) electrons. The highest BCUT2D eigenvalue weighted by Gasteiger charge is 2.28. The van der Waals surface area contributed by atoms with Crippen LogP contribution in [0.4, 0.5) is 22.7 Å². The quantitative estimate of drug-likeness (QED) is 0.356. The predicted molar refractivity (Wildman–Crippen MR) is 122 cm³/mol. The Bertz CT molecular complexity index is 1350. The minimum absolute atomic E-state index is 0.0437. The smallest absolute Gasteiger partial charge is 0.271 e. The van der Waals surface area contributed by atoms with Crippen LogP contribution in [0, 0.1) is 20.2 Å². The van der Waals surface area contributed by atoms with Gasteiger partial charge in [0, 0.05) is 24.3 Å². The minimum Gasteiger partial charge on any atom is -0.495 e. The first-order chi connectivity index (χ1) is 16.1. The van der Waals surface area contributed by atoms with Crippen molar-refractivity contribution in [2.45, 2.75) is 4.90 Å². The van der Waals surface area contributed by atoms with Crippen LogP contribution in [0.1, 0.15) is 0 Å². The minimum atomic E-state index is -4.31. The van der Waals surface area contributed by atoms with E-state index in [1.165, 1.54) is 61.7 Å². The van der Waals surface area contributed by atoms with E-state index < -0.39 is 32.3 Å². The third kappa shape index (κ3) is 5.27. The summed E-state index contributed by atoms with van der Waals surface area (Å²) < 4.78 is 32.5. The maximum atomic E-state index is 13.3. The molecule has 34 heavy (non-hydrogen) atoms. The number of non-ortho nitro benzene ring substituents is 2. The zero-order valence-corrected chi connectivity index (χ0v) is 18.5. The van der Waals surface area contributed by atoms with Gasteiger partial charge in [0.25, 0.3) is 21.4 Å². The first-order valence-corrected chi connectivity index (χ1v) is 11.0. The number of nitrogens with zero attached hydrogens (tertiary/aromatic N) is 3. The number of nitro benzene ring substituents is 2. The summed E-state index contributed by atoms with van der Waals surface area (Å²) in [6.07, 6.45) is 0. The van der Waals surface area contributed by atoms with E-state index in [9.17, 15) is 33.4 Å². The van der Waals surface area contributed by atoms with Crippen molar-refractivity contribution in [3.05, 3.63) is 93.0 Å². The number of rotatable bonds is 9. The lowest BCUT2D eigenvalue weighted by molar-refractivity contribution is -0.385. The van der Waals surface area contributed by atoms with Crippen molar-refractivity contribution in [2.24, 2.45) is 0 Å². The molecule has 0 unspecified atom stereocenters. The maximum absolute atomic E-state index is 13.3. The van der Waals surface area contributed by atoms with Crippen LogP contribution in [0.15, 0.2) is 77.7 Å². The SMILES string of the molecule is COc1ccc([N+](=O)[O-])cc1NC(=O)CN(c1cccc([N+](=O)[O-])c1)S(=O)(=O)c1ccccc1. The number of ether oxygens (including phenoxy) is 1. The third-order valence-corrected chi connectivity index (χ3v) is 6.40. The summed E-state index contributed by atoms with van der Waals surface area (Å²) >= 11 is 0. The van der Waals surface area contributed by atoms with Crippen molar-refractivity contribution < 1.29 is 27.8 Å². The van der Waals surface area contributed by atoms with Gasteiger partial charge in [0.1, 0.15) is 12.3 Å². The fourth-order valence-electron chi connectivity index (χ4n) is 3.02. The zero-order chi connectivity index (χ0) is 24.9. The Labute approximate surface area is 193 Å². The Morgan fingerprint density at radius 3 is 2.21 bits per heavy atom. The Hall–Kier alpha value is -4.52. The van der Waals surface area contributed by atoms with E-state index in [4.69, 9.17) is 4.74 Å². The molecular formula is C21H18N4O8S. The van der Waals surface area contributed by atoms with Crippen molar-refractivity contribution in [1.29, 1.82) is 0 Å². The highest BCUT2D eigenvalue weighted by Crippen LogP contribution is 2.30. The molecule has 3 rings (SSSR count). The maximum Gasteiger partial charge on any atom is 0.271 e. The highest BCUT2D eigenvalue weighted by atomic mass is 32.2. The molecule has 0 saturated carbocycles. The average Bonchev–Trinajstić information content (AvgIpc) is 2.83. The van der Waals surface area contributed by atoms with Gasteiger partial charge in [-0.3, -0.25) is 29.3 Å². The first kappa shape index (κ1) is 24.1. The molecule has 0 bridgehead atoms. The number of anilines is 2. The molecule has 0 aliphatic carbocycles. The topological polar surface area (TPSA) is 162 Å². The summed E-state index contributed by atoms with van der Waals surface area (Å²) in [6.45, 7) is -0.774. The monoisotopic (exact) mass is 486 g/mol. The van der Waals surface area contributed by atoms with Gasteiger partial charge in [-0.1, -0.05) is 24.3 Å². The van der Waals surface area contributed by atoms with Crippen LogP contribution < -0.4 is 14.4 Å². The number of nitro groups is 2. The van der Waals surface area contributed by atoms with Crippen molar-refractivity contribution in [1.82, 2.24) is 0 Å². The molecule has 0 fully saturated rings. The number of carbonyl (C=O) groups excluding carboxylic acids is 1. The zero-order valence-electron chi connectivity index (χ0n) is 17.7. The fourth-order valence-corrected chi connectivity index (χ4v) is 4.46. The van der Waals surface area contributed by atoms with E-state index in [0.717, 1.165) is 12.1 Å². The van der Waals surface area contributed by atoms with Crippen LogP contribution in [-0.2, 0) is 14.8 Å². The van der Waals surface area contributed by atoms with Gasteiger partial charge in [-0.2, -0.15) is 0 Å². The number of amides is 1. The van der Waals surface area contributed by atoms with Crippen LogP contribution in [0.2, 0.25) is 0 Å². The number of hydrogen-bond acceptors (Lipinski definition) is 8. The van der Waals surface area contributed by atoms with E-state index in [-0.39, 0.29) is 33.4 Å². The highest BCUT2D eigenvalue weighted by molar-refractivity contribution is 7.92. The molecule has 1 N–H and O–H groups in total. The van der Waals surface area contributed by atoms with Crippen molar-refractivity contribution in [2.75, 3.05) is 23.3 Å². The van der Waals surface area contributed by atoms with Gasteiger partial charge < -0.3 is 10.1 Å². The molecule has 0 aliphatic heterocycles. The Kier molecular flexibility index (Phi) is 7.06. The van der Waals surface area contributed by atoms with Gasteiger partial charge >= 0.3 is 0 Å². The normalized spacial score (nSPS) is 10.9. The number of hydrogen-bond donors (Lipinski definition) is 1. The third-order valence-electron chi connectivity index (χ3n) is 4.61. The lowest BCUT2D eigenvalue weighted by Crippen LogP contribution is -2.38. The molecule has 3 aromatic carbocycles. The first-order valence-electron chi connectivity index (χ1n) is 9.58. The Morgan fingerprint density at radius 2 is 1.59 bits per heavy atom. The summed E-state index contributed by atoms with van der Waals surface area (Å²) in [7, 11) is -3.01. The van der Waals surface area contributed by atoms with Gasteiger partial charge in [0.15, 0.2) is 0 Å². The summed E-state index contributed by atoms with van der Waals surface area (Å²) in [5, 5.41) is 24.7. The molecular weight excluding hydrogens is 468 g/mol. The summed E-state index contributed by atoms with van der Waals surface area (Å²) in [5.74, 6) is -0.739. The van der Waals surface area contributed by atoms with E-state index in [0.29, 0.717) is 4.31 Å². The number of carbonyl (C=O) groups is 1. The van der Waals surface area contributed by atoms with E-state index in [1.807, 2.05) is 0 Å². The van der Waals surface area contributed by atoms with Gasteiger partial charge in [0.2, 0.25) is 5.91 Å². The second-order valence-corrected chi connectivity index (χ2v) is 8.65. The van der Waals surface area contributed by atoms with Crippen molar-refractivity contribution in [3.8, 4) is 5.75 Å². The molecule has 3 aromatic rings. The van der Waals surface area contributed by atoms with Crippen LogP contribution >= 0.6 is 0 Å². The number of methoxy groups -OCH3 is 1. The number of nitrogens with one attached hydrogen (secondary N) is 1. The summed E-state index contributed by atoms with van der Waals surface area (Å²) in [5.41, 5.74) is -0.841. The van der Waals surface area contributed by atoms with Gasteiger partial charge in [-0.15, -0.1) is 0 Å². The molecule has 1 amide bonds. The number of benzene rings is 3. The van der Waals surface area contributed by atoms with E-state index in [1.54, 1.807) is 6.07 Å². The number of sulfonamides is 1. The summed E-state index contributed by atoms with van der Waals surface area (Å²) in [6, 6.07) is 15.6. The average molecular weight is 486 g/mol. The molecule has 0 saturated heterocycles. The Morgan fingerprint density at radius 1 is 0.941 bits per heavy atom. The second-order valence-electron chi connectivity index (χ2n) is 6.79. The van der Waals surface area contributed by atoms with Crippen LogP contribution in [0.25, 0.3) is 0 Å². The largest absolute Gasteiger partial charge is 0.495 e. The second kappa shape index (κ2) is 9.95. The lowest BCUT2D eigenvalue weighted by Gasteiger charge is -2.24.